The van der Waals surface area contributed by atoms with E-state index < -0.39 is 0 Å². The maximum absolute atomic E-state index is 4.43. The van der Waals surface area contributed by atoms with E-state index in [-0.39, 0.29) is 6.04 Å². The Kier molecular flexibility index (Phi) is 4.03. The van der Waals surface area contributed by atoms with E-state index in [2.05, 4.69) is 59.1 Å². The van der Waals surface area contributed by atoms with Crippen LogP contribution in [-0.4, -0.2) is 22.0 Å². The lowest BCUT2D eigenvalue weighted by atomic mass is 10.1. The molecular formula is C16H20N4S. The fourth-order valence-electron chi connectivity index (χ4n) is 2.74. The Labute approximate surface area is 128 Å². The van der Waals surface area contributed by atoms with Gasteiger partial charge in [-0.15, -0.1) is 16.4 Å². The average molecular weight is 300 g/mol. The van der Waals surface area contributed by atoms with Crippen molar-refractivity contribution in [1.29, 1.82) is 0 Å². The zero-order valence-corrected chi connectivity index (χ0v) is 13.4. The minimum absolute atomic E-state index is 0.263. The predicted octanol–water partition coefficient (Wildman–Crippen LogP) is 3.71. The van der Waals surface area contributed by atoms with Crippen LogP contribution in [-0.2, 0) is 6.42 Å². The lowest BCUT2D eigenvalue weighted by Crippen LogP contribution is -2.17. The molecule has 0 radical (unpaired) electrons. The van der Waals surface area contributed by atoms with Crippen molar-refractivity contribution in [2.24, 2.45) is 0 Å². The largest absolute Gasteiger partial charge is 0.312 e. The summed E-state index contributed by atoms with van der Waals surface area (Å²) in [5, 5.41) is 15.5. The van der Waals surface area contributed by atoms with E-state index in [1.165, 1.54) is 15.8 Å². The van der Waals surface area contributed by atoms with Crippen molar-refractivity contribution in [2.45, 2.75) is 32.7 Å². The molecule has 21 heavy (non-hydrogen) atoms. The number of rotatable bonds is 5. The van der Waals surface area contributed by atoms with Crippen LogP contribution in [0.4, 0.5) is 0 Å². The summed E-state index contributed by atoms with van der Waals surface area (Å²) < 4.78 is 3.28. The van der Waals surface area contributed by atoms with E-state index in [1.54, 1.807) is 11.3 Å². The van der Waals surface area contributed by atoms with Gasteiger partial charge in [-0.25, -0.2) is 4.68 Å². The van der Waals surface area contributed by atoms with Crippen molar-refractivity contribution in [3.05, 3.63) is 41.0 Å². The second-order valence-corrected chi connectivity index (χ2v) is 6.03. The molecule has 1 unspecified atom stereocenters. The Bertz CT molecular complexity index is 740. The number of hydrogen-bond acceptors (Lipinski definition) is 4. The number of nitrogens with zero attached hydrogens (tertiary/aromatic N) is 3. The van der Waals surface area contributed by atoms with Crippen molar-refractivity contribution in [3.63, 3.8) is 0 Å². The molecule has 5 heteroatoms. The third-order valence-corrected chi connectivity index (χ3v) is 4.79. The summed E-state index contributed by atoms with van der Waals surface area (Å²) in [5.41, 5.74) is 3.33. The van der Waals surface area contributed by atoms with Gasteiger partial charge in [-0.1, -0.05) is 19.1 Å². The van der Waals surface area contributed by atoms with Gasteiger partial charge in [-0.2, -0.15) is 0 Å². The highest BCUT2D eigenvalue weighted by atomic mass is 32.1. The highest BCUT2D eigenvalue weighted by molar-refractivity contribution is 7.17. The number of aromatic nitrogens is 3. The number of nitrogens with one attached hydrogen (secondary N) is 1. The Balaban J connectivity index is 2.09. The normalized spacial score (nSPS) is 12.9. The van der Waals surface area contributed by atoms with E-state index in [0.717, 1.165) is 24.2 Å². The molecule has 0 amide bonds. The first-order valence-electron chi connectivity index (χ1n) is 7.37. The first-order chi connectivity index (χ1) is 10.3. The number of benzene rings is 1. The quantitative estimate of drug-likeness (QED) is 0.781. The molecule has 0 aliphatic rings. The number of hydrogen-bond donors (Lipinski definition) is 1. The molecule has 0 saturated carbocycles. The topological polar surface area (TPSA) is 42.7 Å². The van der Waals surface area contributed by atoms with Crippen LogP contribution < -0.4 is 5.32 Å². The average Bonchev–Trinajstić information content (AvgIpc) is 3.14. The molecule has 110 valence electrons. The second-order valence-electron chi connectivity index (χ2n) is 5.08. The zero-order chi connectivity index (χ0) is 14.8. The van der Waals surface area contributed by atoms with Gasteiger partial charge >= 0.3 is 0 Å². The molecule has 2 aromatic heterocycles. The minimum atomic E-state index is 0.263. The van der Waals surface area contributed by atoms with Gasteiger partial charge in [0.25, 0.3) is 0 Å². The highest BCUT2D eigenvalue weighted by Gasteiger charge is 2.19. The van der Waals surface area contributed by atoms with Crippen LogP contribution in [0.25, 0.3) is 15.8 Å². The lowest BCUT2D eigenvalue weighted by Gasteiger charge is -2.13. The fourth-order valence-corrected chi connectivity index (χ4v) is 3.51. The number of thiophene rings is 1. The van der Waals surface area contributed by atoms with Crippen molar-refractivity contribution in [3.8, 4) is 5.69 Å². The molecule has 2 heterocycles. The van der Waals surface area contributed by atoms with E-state index >= 15 is 0 Å². The maximum Gasteiger partial charge on any atom is 0.103 e. The molecule has 1 aromatic carbocycles. The molecule has 4 nitrogen and oxygen atoms in total. The van der Waals surface area contributed by atoms with Gasteiger partial charge in [0, 0.05) is 4.70 Å². The molecule has 0 bridgehead atoms. The van der Waals surface area contributed by atoms with Crippen LogP contribution >= 0.6 is 11.3 Å². The van der Waals surface area contributed by atoms with Crippen LogP contribution in [0.5, 0.6) is 0 Å². The summed E-state index contributed by atoms with van der Waals surface area (Å²) in [5.74, 6) is 0. The predicted molar refractivity (Wildman–Crippen MR) is 88.2 cm³/mol. The molecule has 3 aromatic rings. The Morgan fingerprint density at radius 3 is 2.86 bits per heavy atom. The summed E-state index contributed by atoms with van der Waals surface area (Å²) in [4.78, 5) is 0. The Morgan fingerprint density at radius 2 is 2.14 bits per heavy atom. The molecule has 0 spiro atoms. The summed E-state index contributed by atoms with van der Waals surface area (Å²) in [6.07, 6.45) is 1.92. The summed E-state index contributed by atoms with van der Waals surface area (Å²) in [6.45, 7) is 4.32. The van der Waals surface area contributed by atoms with Gasteiger partial charge in [0.2, 0.25) is 0 Å². The molecule has 0 saturated heterocycles. The smallest absolute Gasteiger partial charge is 0.103 e. The first kappa shape index (κ1) is 14.2. The molecule has 1 N–H and O–H groups in total. The maximum atomic E-state index is 4.43. The van der Waals surface area contributed by atoms with E-state index in [0.29, 0.717) is 0 Å². The highest BCUT2D eigenvalue weighted by Crippen LogP contribution is 2.26. The molecule has 0 fully saturated rings. The van der Waals surface area contributed by atoms with Crippen molar-refractivity contribution >= 4 is 21.4 Å². The second kappa shape index (κ2) is 5.95. The van der Waals surface area contributed by atoms with Crippen LogP contribution in [0.15, 0.2) is 29.6 Å². The van der Waals surface area contributed by atoms with E-state index in [9.17, 15) is 0 Å². The van der Waals surface area contributed by atoms with Crippen LogP contribution in [0, 0.1) is 0 Å². The molecular weight excluding hydrogens is 280 g/mol. The lowest BCUT2D eigenvalue weighted by molar-refractivity contribution is 0.555. The molecule has 0 aliphatic carbocycles. The number of fused-ring (bicyclic) bond motifs is 1. The summed E-state index contributed by atoms with van der Waals surface area (Å²) >= 11 is 1.76. The SMILES string of the molecule is CCc1c(C(CC)NC)nnn1-c1ccc2sccc2c1. The van der Waals surface area contributed by atoms with Crippen molar-refractivity contribution < 1.29 is 0 Å². The third kappa shape index (κ3) is 2.47. The molecule has 3 rings (SSSR count). The van der Waals surface area contributed by atoms with Crippen molar-refractivity contribution in [2.75, 3.05) is 7.05 Å². The van der Waals surface area contributed by atoms with Gasteiger partial charge < -0.3 is 5.32 Å². The van der Waals surface area contributed by atoms with Gasteiger partial charge in [-0.3, -0.25) is 0 Å². The van der Waals surface area contributed by atoms with Crippen LogP contribution in [0.2, 0.25) is 0 Å². The van der Waals surface area contributed by atoms with Gasteiger partial charge in [-0.05, 0) is 54.9 Å². The Morgan fingerprint density at radius 1 is 1.29 bits per heavy atom. The zero-order valence-electron chi connectivity index (χ0n) is 12.6. The monoisotopic (exact) mass is 300 g/mol. The van der Waals surface area contributed by atoms with Gasteiger partial charge in [0.05, 0.1) is 17.4 Å². The first-order valence-corrected chi connectivity index (χ1v) is 8.25. The summed E-state index contributed by atoms with van der Waals surface area (Å²) in [7, 11) is 1.98. The van der Waals surface area contributed by atoms with E-state index in [1.807, 2.05) is 11.7 Å². The Hall–Kier alpha value is -1.72. The minimum Gasteiger partial charge on any atom is -0.312 e. The van der Waals surface area contributed by atoms with Crippen molar-refractivity contribution in [1.82, 2.24) is 20.3 Å². The van der Waals surface area contributed by atoms with Crippen LogP contribution in [0.1, 0.15) is 37.7 Å². The van der Waals surface area contributed by atoms with E-state index in [4.69, 9.17) is 0 Å². The van der Waals surface area contributed by atoms with Gasteiger partial charge in [0.1, 0.15) is 5.69 Å². The van der Waals surface area contributed by atoms with Crippen LogP contribution in [0.3, 0.4) is 0 Å². The molecule has 1 atom stereocenters. The van der Waals surface area contributed by atoms with Gasteiger partial charge in [0.15, 0.2) is 0 Å². The standard InChI is InChI=1S/C16H20N4S/c1-4-13(17-3)16-14(5-2)20(19-18-16)12-6-7-15-11(10-12)8-9-21-15/h6-10,13,17H,4-5H2,1-3H3. The molecule has 0 aliphatic heterocycles. The summed E-state index contributed by atoms with van der Waals surface area (Å²) in [6, 6.07) is 8.88. The third-order valence-electron chi connectivity index (χ3n) is 3.90. The fraction of sp³-hybridized carbons (Fsp3) is 0.375.